The number of hydrogen-bond acceptors (Lipinski definition) is 8. The zero-order valence-corrected chi connectivity index (χ0v) is 11.1. The Balaban J connectivity index is -0.000000180. The fourth-order valence-electron chi connectivity index (χ4n) is 0.236. The Morgan fingerprint density at radius 3 is 0.733 bits per heavy atom. The van der Waals surface area contributed by atoms with Gasteiger partial charge in [0.25, 0.3) is 0 Å². The van der Waals surface area contributed by atoms with E-state index >= 15 is 0 Å². The van der Waals surface area contributed by atoms with Crippen molar-refractivity contribution in [3.05, 3.63) is 0 Å². The Morgan fingerprint density at radius 2 is 0.733 bits per heavy atom. The molecule has 0 atom stereocenters. The van der Waals surface area contributed by atoms with Crippen molar-refractivity contribution in [3.8, 4) is 0 Å². The van der Waals surface area contributed by atoms with Gasteiger partial charge in [-0.1, -0.05) is 0 Å². The van der Waals surface area contributed by atoms with Crippen LogP contribution >= 0.6 is 0 Å². The number of carboxylic acid groups (broad SMARTS) is 4. The monoisotopic (exact) mass is 412 g/mol. The fourth-order valence-corrected chi connectivity index (χ4v) is 0.236. The van der Waals surface area contributed by atoms with Crippen molar-refractivity contribution in [2.24, 2.45) is 0 Å². The largest absolute Gasteiger partial charge is 0.550 e. The molecule has 0 aliphatic carbocycles. The van der Waals surface area contributed by atoms with Gasteiger partial charge in [-0.3, -0.25) is 0 Å². The van der Waals surface area contributed by atoms with Crippen molar-refractivity contribution in [2.45, 2.75) is 12.8 Å². The summed E-state index contributed by atoms with van der Waals surface area (Å²) >= 11 is 0. The first-order valence-corrected chi connectivity index (χ1v) is 3.05. The zero-order chi connectivity index (χ0) is 11.7. The molecule has 0 aromatic carbocycles. The van der Waals surface area contributed by atoms with Crippen molar-refractivity contribution in [3.63, 3.8) is 0 Å². The standard InChI is InChI=1S/2C3H4O4.Pb/c2*4-2(5)1-3(6)7;/h2*1H2,(H,4,5)(H,6,7);/p-4. The van der Waals surface area contributed by atoms with E-state index < -0.39 is 36.7 Å². The molecule has 0 N–H and O–H groups in total. The van der Waals surface area contributed by atoms with Crippen LogP contribution in [0.1, 0.15) is 12.8 Å². The Labute approximate surface area is 104 Å². The molecule has 9 heteroatoms. The predicted octanol–water partition coefficient (Wildman–Crippen LogP) is -6.63. The molecule has 0 rings (SSSR count). The minimum Gasteiger partial charge on any atom is -0.550 e. The van der Waals surface area contributed by atoms with Gasteiger partial charge in [0.2, 0.25) is 0 Å². The SMILES string of the molecule is O=C([O-])CC(=O)[O-].O=C([O-])CC(=O)[O-].[Pb]. The fraction of sp³-hybridized carbons (Fsp3) is 0.333. The molecule has 8 nitrogen and oxygen atoms in total. The van der Waals surface area contributed by atoms with Crippen LogP contribution < -0.4 is 20.4 Å². The maximum atomic E-state index is 9.28. The first-order chi connectivity index (χ1) is 6.25. The van der Waals surface area contributed by atoms with Gasteiger partial charge in [0.1, 0.15) is 0 Å². The van der Waals surface area contributed by atoms with E-state index in [1.54, 1.807) is 0 Å². The summed E-state index contributed by atoms with van der Waals surface area (Å²) in [6.45, 7) is 0. The van der Waals surface area contributed by atoms with Gasteiger partial charge in [-0.05, 0) is 0 Å². The average molecular weight is 411 g/mol. The van der Waals surface area contributed by atoms with E-state index in [1.807, 2.05) is 0 Å². The molecule has 0 aliphatic rings. The van der Waals surface area contributed by atoms with Crippen molar-refractivity contribution in [1.29, 1.82) is 0 Å². The number of rotatable bonds is 4. The van der Waals surface area contributed by atoms with Crippen LogP contribution in [0.5, 0.6) is 0 Å². The Bertz CT molecular complexity index is 198. The molecule has 0 fully saturated rings. The van der Waals surface area contributed by atoms with Gasteiger partial charge in [-0.25, -0.2) is 0 Å². The van der Waals surface area contributed by atoms with Crippen LogP contribution in [0.3, 0.4) is 0 Å². The minimum absolute atomic E-state index is 0. The van der Waals surface area contributed by atoms with E-state index in [9.17, 15) is 39.6 Å². The van der Waals surface area contributed by atoms with Crippen molar-refractivity contribution >= 4 is 51.2 Å². The molecule has 0 bridgehead atoms. The van der Waals surface area contributed by atoms with Crippen LogP contribution in [0.15, 0.2) is 0 Å². The third kappa shape index (κ3) is 32.3. The van der Waals surface area contributed by atoms with Gasteiger partial charge in [0, 0.05) is 64.0 Å². The molecule has 0 aromatic rings. The van der Waals surface area contributed by atoms with Crippen molar-refractivity contribution in [1.82, 2.24) is 0 Å². The van der Waals surface area contributed by atoms with Crippen LogP contribution in [-0.4, -0.2) is 51.2 Å². The van der Waals surface area contributed by atoms with Crippen LogP contribution in [-0.2, 0) is 19.2 Å². The Morgan fingerprint density at radius 1 is 0.600 bits per heavy atom. The smallest absolute Gasteiger partial charge is 0.0470 e. The maximum Gasteiger partial charge on any atom is 0.0470 e. The normalized spacial score (nSPS) is 7.47. The Kier molecular flexibility index (Phi) is 14.1. The Hall–Kier alpha value is -1.20. The summed E-state index contributed by atoms with van der Waals surface area (Å²) < 4.78 is 0. The van der Waals surface area contributed by atoms with Crippen LogP contribution in [0.2, 0.25) is 0 Å². The molecule has 0 aromatic heterocycles. The molecule has 0 saturated carbocycles. The molecule has 84 valence electrons. The molecule has 4 radical (unpaired) electrons. The van der Waals surface area contributed by atoms with Crippen LogP contribution in [0.4, 0.5) is 0 Å². The van der Waals surface area contributed by atoms with Crippen LogP contribution in [0, 0.1) is 0 Å². The van der Waals surface area contributed by atoms with Gasteiger partial charge in [-0.15, -0.1) is 0 Å². The van der Waals surface area contributed by atoms with E-state index in [2.05, 4.69) is 0 Å². The first kappa shape index (κ1) is 19.4. The number of carbonyl (C=O) groups excluding carboxylic acids is 4. The quantitative estimate of drug-likeness (QED) is 0.326. The molecule has 0 amide bonds. The summed E-state index contributed by atoms with van der Waals surface area (Å²) in [4.78, 5) is 37.1. The second-order valence-corrected chi connectivity index (χ2v) is 1.84. The molecule has 0 spiro atoms. The van der Waals surface area contributed by atoms with Gasteiger partial charge in [0.15, 0.2) is 0 Å². The predicted molar refractivity (Wildman–Crippen MR) is 35.0 cm³/mol. The summed E-state index contributed by atoms with van der Waals surface area (Å²) in [7, 11) is 0. The van der Waals surface area contributed by atoms with Crippen molar-refractivity contribution < 1.29 is 39.6 Å². The van der Waals surface area contributed by atoms with Gasteiger partial charge in [-0.2, -0.15) is 0 Å². The number of carboxylic acids is 4. The summed E-state index contributed by atoms with van der Waals surface area (Å²) in [5.41, 5.74) is 0. The first-order valence-electron chi connectivity index (χ1n) is 3.05. The molecular formula is C6H4O8Pb-4. The van der Waals surface area contributed by atoms with Crippen LogP contribution in [0.25, 0.3) is 0 Å². The zero-order valence-electron chi connectivity index (χ0n) is 7.18. The number of hydrogen-bond donors (Lipinski definition) is 0. The van der Waals surface area contributed by atoms with Gasteiger partial charge in [0.05, 0.1) is 0 Å². The molecule has 15 heavy (non-hydrogen) atoms. The molecule has 0 unspecified atom stereocenters. The molecule has 0 saturated heterocycles. The minimum atomic E-state index is -1.63. The van der Waals surface area contributed by atoms with E-state index in [0.29, 0.717) is 0 Å². The summed E-state index contributed by atoms with van der Waals surface area (Å²) in [6.07, 6.45) is -2.06. The average Bonchev–Trinajstić information content (AvgIpc) is 1.79. The third-order valence-electron chi connectivity index (χ3n) is 0.577. The second-order valence-electron chi connectivity index (χ2n) is 1.84. The number of aliphatic carboxylic acids is 4. The van der Waals surface area contributed by atoms with E-state index in [4.69, 9.17) is 0 Å². The molecule has 0 heterocycles. The van der Waals surface area contributed by atoms with Crippen molar-refractivity contribution in [2.75, 3.05) is 0 Å². The third-order valence-corrected chi connectivity index (χ3v) is 0.577. The van der Waals surface area contributed by atoms with E-state index in [-0.39, 0.29) is 27.3 Å². The number of carbonyl (C=O) groups is 4. The van der Waals surface area contributed by atoms with Gasteiger partial charge >= 0.3 is 0 Å². The molecule has 0 aliphatic heterocycles. The van der Waals surface area contributed by atoms with Gasteiger partial charge < -0.3 is 39.6 Å². The van der Waals surface area contributed by atoms with E-state index in [1.165, 1.54) is 0 Å². The topological polar surface area (TPSA) is 161 Å². The summed E-state index contributed by atoms with van der Waals surface area (Å²) in [5.74, 6) is -6.50. The second kappa shape index (κ2) is 10.9. The van der Waals surface area contributed by atoms with E-state index in [0.717, 1.165) is 0 Å². The molecular weight excluding hydrogens is 407 g/mol. The summed E-state index contributed by atoms with van der Waals surface area (Å²) in [5, 5.41) is 37.1. The summed E-state index contributed by atoms with van der Waals surface area (Å²) in [6, 6.07) is 0. The maximum absolute atomic E-state index is 9.28.